The zero-order valence-electron chi connectivity index (χ0n) is 2.83. The third kappa shape index (κ3) is 10.0. The maximum atomic E-state index is 0. The Labute approximate surface area is 146 Å². The average molecular weight is 330 g/mol. The molecule has 0 saturated carbocycles. The van der Waals surface area contributed by atoms with Crippen molar-refractivity contribution in [2.75, 3.05) is 0 Å². The molecule has 8 valence electrons. The summed E-state index contributed by atoms with van der Waals surface area (Å²) in [6.07, 6.45) is 0. The van der Waals surface area contributed by atoms with Gasteiger partial charge in [-0.15, -0.1) is 0 Å². The summed E-state index contributed by atoms with van der Waals surface area (Å²) in [7, 11) is 0. The molecule has 0 rings (SSSR count). The van der Waals surface area contributed by atoms with E-state index in [0.717, 1.165) is 0 Å². The molecule has 0 aromatic rings. The second-order valence-corrected chi connectivity index (χ2v) is 0. The van der Waals surface area contributed by atoms with E-state index in [1.165, 1.54) is 0 Å². The molecule has 0 saturated heterocycles. The first-order valence-corrected chi connectivity index (χ1v) is 0. The van der Waals surface area contributed by atoms with E-state index in [2.05, 4.69) is 0 Å². The van der Waals surface area contributed by atoms with Crippen LogP contribution in [-0.2, 0) is 19.5 Å². The first kappa shape index (κ1) is 23.1. The van der Waals surface area contributed by atoms with Gasteiger partial charge < -0.3 is 0 Å². The van der Waals surface area contributed by atoms with Crippen LogP contribution in [0.3, 0.4) is 0 Å². The van der Waals surface area contributed by atoms with Crippen molar-refractivity contribution in [2.24, 2.45) is 0 Å². The molecule has 0 aromatic heterocycles. The minimum Gasteiger partial charge on any atom is 0 e. The molecule has 0 unspecified atom stereocenters. The van der Waals surface area contributed by atoms with Crippen LogP contribution in [0.2, 0.25) is 0 Å². The molecular weight excluding hydrogens is 330 g/mol. The van der Waals surface area contributed by atoms with Crippen molar-refractivity contribution in [1.82, 2.24) is 0 Å². The van der Waals surface area contributed by atoms with E-state index in [4.69, 9.17) is 0 Å². The molecule has 0 nitrogen and oxygen atoms in total. The predicted octanol–water partition coefficient (Wildman–Crippen LogP) is -1.14. The van der Waals surface area contributed by atoms with Crippen molar-refractivity contribution < 1.29 is 19.5 Å². The molecular formula is BaCaSrZn. The largest absolute Gasteiger partial charge is 0 e. The van der Waals surface area contributed by atoms with E-state index in [-0.39, 0.29) is 152 Å². The van der Waals surface area contributed by atoms with Crippen LogP contribution in [-0.4, -0.2) is 132 Å². The van der Waals surface area contributed by atoms with Gasteiger partial charge in [0.15, 0.2) is 0 Å². The van der Waals surface area contributed by atoms with Gasteiger partial charge in [-0.1, -0.05) is 0 Å². The Hall–Kier alpha value is 4.94. The third-order valence-corrected chi connectivity index (χ3v) is 0. The average Bonchev–Trinajstić information content (AvgIpc) is 0. The molecule has 0 atom stereocenters. The molecule has 0 aromatic carbocycles. The van der Waals surface area contributed by atoms with Crippen molar-refractivity contribution in [2.45, 2.75) is 0 Å². The maximum Gasteiger partial charge on any atom is 0 e. The van der Waals surface area contributed by atoms with Crippen molar-refractivity contribution in [3.05, 3.63) is 0 Å². The van der Waals surface area contributed by atoms with Crippen molar-refractivity contribution in [3.8, 4) is 0 Å². The summed E-state index contributed by atoms with van der Waals surface area (Å²) in [5.41, 5.74) is 0. The van der Waals surface area contributed by atoms with E-state index in [9.17, 15) is 0 Å². The Bertz CT molecular complexity index is 8.00. The fourth-order valence-corrected chi connectivity index (χ4v) is 0. The van der Waals surface area contributed by atoms with Gasteiger partial charge in [0, 0.05) is 152 Å². The monoisotopic (exact) mass is 330 g/mol. The van der Waals surface area contributed by atoms with E-state index in [1.54, 1.807) is 0 Å². The Balaban J connectivity index is 0. The van der Waals surface area contributed by atoms with Crippen LogP contribution in [0.5, 0.6) is 0 Å². The van der Waals surface area contributed by atoms with E-state index in [0.29, 0.717) is 0 Å². The molecule has 0 aliphatic heterocycles. The molecule has 0 bridgehead atoms. The molecule has 4 heteroatoms. The second kappa shape index (κ2) is 15.7. The Morgan fingerprint density at radius 3 is 1.00 bits per heavy atom. The molecule has 0 fully saturated rings. The predicted molar refractivity (Wildman–Crippen MR) is 17.3 cm³/mol. The molecule has 0 heterocycles. The smallest absolute Gasteiger partial charge is 0 e. The van der Waals surface area contributed by atoms with Crippen molar-refractivity contribution in [1.29, 1.82) is 0 Å². The van der Waals surface area contributed by atoms with Crippen LogP contribution >= 0.6 is 0 Å². The topological polar surface area (TPSA) is 0 Å². The summed E-state index contributed by atoms with van der Waals surface area (Å²) in [6, 6.07) is 0. The fourth-order valence-electron chi connectivity index (χ4n) is 0. The minimum atomic E-state index is 0. The van der Waals surface area contributed by atoms with Crippen LogP contribution in [0.1, 0.15) is 0 Å². The fraction of sp³-hybridized carbons (Fsp3) is 0. The number of rotatable bonds is 0. The van der Waals surface area contributed by atoms with Crippen LogP contribution in [0.25, 0.3) is 0 Å². The Morgan fingerprint density at radius 2 is 1.00 bits per heavy atom. The molecule has 0 amide bonds. The van der Waals surface area contributed by atoms with Gasteiger partial charge in [-0.05, 0) is 0 Å². The summed E-state index contributed by atoms with van der Waals surface area (Å²) >= 11 is 0. The summed E-state index contributed by atoms with van der Waals surface area (Å²) in [5, 5.41) is 0. The second-order valence-electron chi connectivity index (χ2n) is 0. The first-order chi connectivity index (χ1) is 0. The van der Waals surface area contributed by atoms with Crippen LogP contribution < -0.4 is 0 Å². The SMILES string of the molecule is [Ba].[Ca].[Sr].[Zn]. The van der Waals surface area contributed by atoms with Gasteiger partial charge in [-0.25, -0.2) is 0 Å². The van der Waals surface area contributed by atoms with Gasteiger partial charge in [0.1, 0.15) is 0 Å². The number of hydrogen-bond donors (Lipinski definition) is 0. The molecule has 0 aliphatic rings. The van der Waals surface area contributed by atoms with Crippen molar-refractivity contribution in [3.63, 3.8) is 0 Å². The van der Waals surface area contributed by atoms with Crippen LogP contribution in [0, 0.1) is 0 Å². The normalized spacial score (nSPS) is 0. The zero-order valence-corrected chi connectivity index (χ0v) is 15.9. The van der Waals surface area contributed by atoms with Gasteiger partial charge >= 0.3 is 0 Å². The standard InChI is InChI=1S/Ba.Ca.Sr.Zn. The molecule has 4 heavy (non-hydrogen) atoms. The maximum absolute atomic E-state index is 0. The molecule has 6 radical (unpaired) electrons. The summed E-state index contributed by atoms with van der Waals surface area (Å²) < 4.78 is 0. The van der Waals surface area contributed by atoms with E-state index < -0.39 is 0 Å². The van der Waals surface area contributed by atoms with E-state index >= 15 is 0 Å². The van der Waals surface area contributed by atoms with E-state index in [1.807, 2.05) is 0 Å². The summed E-state index contributed by atoms with van der Waals surface area (Å²) in [4.78, 5) is 0. The zero-order chi connectivity index (χ0) is 0. The van der Waals surface area contributed by atoms with Gasteiger partial charge in [0.2, 0.25) is 0 Å². The minimum absolute atomic E-state index is 0. The molecule has 0 spiro atoms. The van der Waals surface area contributed by atoms with Crippen LogP contribution in [0.4, 0.5) is 0 Å². The van der Waals surface area contributed by atoms with Gasteiger partial charge in [-0.3, -0.25) is 0 Å². The van der Waals surface area contributed by atoms with Gasteiger partial charge in [0.05, 0.1) is 0 Å². The summed E-state index contributed by atoms with van der Waals surface area (Å²) in [6.45, 7) is 0. The van der Waals surface area contributed by atoms with Gasteiger partial charge in [0.25, 0.3) is 0 Å². The van der Waals surface area contributed by atoms with Crippen molar-refractivity contribution >= 4 is 132 Å². The summed E-state index contributed by atoms with van der Waals surface area (Å²) in [5.74, 6) is 0. The Morgan fingerprint density at radius 1 is 1.00 bits per heavy atom. The van der Waals surface area contributed by atoms with Gasteiger partial charge in [-0.2, -0.15) is 0 Å². The quantitative estimate of drug-likeness (QED) is 0.493. The third-order valence-electron chi connectivity index (χ3n) is 0. The van der Waals surface area contributed by atoms with Crippen LogP contribution in [0.15, 0.2) is 0 Å². The number of hydrogen-bond acceptors (Lipinski definition) is 0. The molecule has 0 N–H and O–H groups in total. The molecule has 0 aliphatic carbocycles. The Kier molecular flexibility index (Phi) is 90.5. The first-order valence-electron chi connectivity index (χ1n) is 0.